The molecule has 1 unspecified atom stereocenters. The summed E-state index contributed by atoms with van der Waals surface area (Å²) in [5.74, 6) is -1.22. The quantitative estimate of drug-likeness (QED) is 0.780. The molecule has 1 N–H and O–H groups in total. The fraction of sp³-hybridized carbons (Fsp3) is 0.833. The van der Waals surface area contributed by atoms with Gasteiger partial charge in [0, 0.05) is 19.0 Å². The molecule has 92 valence electrons. The number of nitrogens with zero attached hydrogens (tertiary/aromatic N) is 1. The Kier molecular flexibility index (Phi) is 4.77. The number of carboxylic acid groups (broad SMARTS) is 1. The first-order chi connectivity index (χ1) is 7.56. The fourth-order valence-electron chi connectivity index (χ4n) is 2.25. The zero-order chi connectivity index (χ0) is 12.1. The number of carbonyl (C=O) groups is 2. The van der Waals surface area contributed by atoms with E-state index in [4.69, 9.17) is 5.11 Å². The van der Waals surface area contributed by atoms with Crippen molar-refractivity contribution in [3.8, 4) is 0 Å². The minimum Gasteiger partial charge on any atom is -0.481 e. The van der Waals surface area contributed by atoms with Gasteiger partial charge in [0.25, 0.3) is 0 Å². The summed E-state index contributed by atoms with van der Waals surface area (Å²) >= 11 is 0. The summed E-state index contributed by atoms with van der Waals surface area (Å²) in [5.41, 5.74) is 0. The monoisotopic (exact) mass is 227 g/mol. The largest absolute Gasteiger partial charge is 0.481 e. The highest BCUT2D eigenvalue weighted by Crippen LogP contribution is 2.24. The van der Waals surface area contributed by atoms with Crippen LogP contribution in [-0.2, 0) is 9.59 Å². The van der Waals surface area contributed by atoms with Crippen molar-refractivity contribution in [3.63, 3.8) is 0 Å². The van der Waals surface area contributed by atoms with Crippen molar-refractivity contribution in [1.82, 2.24) is 4.90 Å². The van der Waals surface area contributed by atoms with E-state index >= 15 is 0 Å². The highest BCUT2D eigenvalue weighted by molar-refractivity contribution is 5.77. The first-order valence-electron chi connectivity index (χ1n) is 6.08. The van der Waals surface area contributed by atoms with E-state index in [0.29, 0.717) is 13.0 Å². The Hall–Kier alpha value is -1.06. The molecule has 0 heterocycles. The van der Waals surface area contributed by atoms with E-state index in [-0.39, 0.29) is 11.9 Å². The molecular weight excluding hydrogens is 206 g/mol. The Labute approximate surface area is 96.6 Å². The van der Waals surface area contributed by atoms with Gasteiger partial charge < -0.3 is 10.0 Å². The highest BCUT2D eigenvalue weighted by atomic mass is 16.4. The van der Waals surface area contributed by atoms with Crippen molar-refractivity contribution in [1.29, 1.82) is 0 Å². The average molecular weight is 227 g/mol. The molecule has 0 aromatic carbocycles. The van der Waals surface area contributed by atoms with Gasteiger partial charge in [-0.05, 0) is 12.8 Å². The SMILES string of the molecule is CCC(=O)N(CC(C)C(=O)O)C1CCCC1. The molecule has 1 aliphatic rings. The molecule has 1 atom stereocenters. The number of aliphatic carboxylic acids is 1. The molecular formula is C12H21NO3. The molecule has 1 rings (SSSR count). The number of hydrogen-bond acceptors (Lipinski definition) is 2. The van der Waals surface area contributed by atoms with Crippen LogP contribution in [0.5, 0.6) is 0 Å². The lowest BCUT2D eigenvalue weighted by Gasteiger charge is -2.30. The molecule has 4 heteroatoms. The van der Waals surface area contributed by atoms with E-state index < -0.39 is 11.9 Å². The first-order valence-corrected chi connectivity index (χ1v) is 6.08. The van der Waals surface area contributed by atoms with E-state index in [9.17, 15) is 9.59 Å². The predicted octanol–water partition coefficient (Wildman–Crippen LogP) is 1.89. The summed E-state index contributed by atoms with van der Waals surface area (Å²) < 4.78 is 0. The van der Waals surface area contributed by atoms with Gasteiger partial charge in [0.1, 0.15) is 0 Å². The molecule has 1 aliphatic carbocycles. The van der Waals surface area contributed by atoms with Crippen LogP contribution in [0.15, 0.2) is 0 Å². The van der Waals surface area contributed by atoms with Gasteiger partial charge in [0.15, 0.2) is 0 Å². The van der Waals surface area contributed by atoms with Gasteiger partial charge >= 0.3 is 5.97 Å². The van der Waals surface area contributed by atoms with E-state index in [1.165, 1.54) is 0 Å². The zero-order valence-electron chi connectivity index (χ0n) is 10.1. The molecule has 1 amide bonds. The number of hydrogen-bond donors (Lipinski definition) is 1. The summed E-state index contributed by atoms with van der Waals surface area (Å²) in [4.78, 5) is 24.4. The first kappa shape index (κ1) is 13.0. The summed E-state index contributed by atoms with van der Waals surface area (Å²) in [6.07, 6.45) is 4.82. The summed E-state index contributed by atoms with van der Waals surface area (Å²) in [6.45, 7) is 3.84. The van der Waals surface area contributed by atoms with Crippen LogP contribution in [0.3, 0.4) is 0 Å². The maximum absolute atomic E-state index is 11.8. The lowest BCUT2D eigenvalue weighted by atomic mass is 10.1. The molecule has 16 heavy (non-hydrogen) atoms. The Morgan fingerprint density at radius 1 is 1.38 bits per heavy atom. The topological polar surface area (TPSA) is 57.6 Å². The van der Waals surface area contributed by atoms with Gasteiger partial charge in [-0.15, -0.1) is 0 Å². The standard InChI is InChI=1S/C12H21NO3/c1-3-11(14)13(8-9(2)12(15)16)10-6-4-5-7-10/h9-10H,3-8H2,1-2H3,(H,15,16). The molecule has 4 nitrogen and oxygen atoms in total. The second-order valence-electron chi connectivity index (χ2n) is 4.58. The number of amides is 1. The second kappa shape index (κ2) is 5.87. The van der Waals surface area contributed by atoms with Crippen molar-refractivity contribution in [2.24, 2.45) is 5.92 Å². The van der Waals surface area contributed by atoms with Crippen molar-refractivity contribution in [2.75, 3.05) is 6.54 Å². The molecule has 0 aromatic heterocycles. The van der Waals surface area contributed by atoms with E-state index in [2.05, 4.69) is 0 Å². The van der Waals surface area contributed by atoms with Gasteiger partial charge in [-0.1, -0.05) is 26.7 Å². The van der Waals surface area contributed by atoms with Gasteiger partial charge in [-0.25, -0.2) is 0 Å². The third kappa shape index (κ3) is 3.22. The van der Waals surface area contributed by atoms with Gasteiger partial charge in [0.05, 0.1) is 5.92 Å². The van der Waals surface area contributed by atoms with E-state index in [0.717, 1.165) is 25.7 Å². The van der Waals surface area contributed by atoms with Crippen LogP contribution in [0.4, 0.5) is 0 Å². The Morgan fingerprint density at radius 2 is 1.94 bits per heavy atom. The minimum atomic E-state index is -0.827. The van der Waals surface area contributed by atoms with Crippen molar-refractivity contribution < 1.29 is 14.7 Å². The predicted molar refractivity (Wildman–Crippen MR) is 61.1 cm³/mol. The molecule has 1 fully saturated rings. The van der Waals surface area contributed by atoms with Crippen LogP contribution < -0.4 is 0 Å². The lowest BCUT2D eigenvalue weighted by Crippen LogP contribution is -2.42. The van der Waals surface area contributed by atoms with Gasteiger partial charge in [-0.2, -0.15) is 0 Å². The van der Waals surface area contributed by atoms with Gasteiger partial charge in [0.2, 0.25) is 5.91 Å². The van der Waals surface area contributed by atoms with Crippen LogP contribution in [0.2, 0.25) is 0 Å². The Balaban J connectivity index is 2.63. The van der Waals surface area contributed by atoms with Crippen LogP contribution in [0, 0.1) is 5.92 Å². The van der Waals surface area contributed by atoms with Crippen molar-refractivity contribution in [3.05, 3.63) is 0 Å². The molecule has 0 aliphatic heterocycles. The van der Waals surface area contributed by atoms with Crippen LogP contribution in [0.25, 0.3) is 0 Å². The Morgan fingerprint density at radius 3 is 2.38 bits per heavy atom. The second-order valence-corrected chi connectivity index (χ2v) is 4.58. The van der Waals surface area contributed by atoms with Crippen molar-refractivity contribution >= 4 is 11.9 Å². The average Bonchev–Trinajstić information content (AvgIpc) is 2.77. The molecule has 0 saturated heterocycles. The molecule has 0 bridgehead atoms. The van der Waals surface area contributed by atoms with Crippen LogP contribution in [0.1, 0.15) is 46.0 Å². The smallest absolute Gasteiger partial charge is 0.308 e. The minimum absolute atomic E-state index is 0.0833. The third-order valence-electron chi connectivity index (χ3n) is 3.28. The number of carbonyl (C=O) groups excluding carboxylic acids is 1. The maximum atomic E-state index is 11.8. The Bertz CT molecular complexity index is 259. The maximum Gasteiger partial charge on any atom is 0.308 e. The molecule has 0 aromatic rings. The third-order valence-corrected chi connectivity index (χ3v) is 3.28. The van der Waals surface area contributed by atoms with E-state index in [1.807, 2.05) is 6.92 Å². The summed E-state index contributed by atoms with van der Waals surface area (Å²) in [5, 5.41) is 8.89. The summed E-state index contributed by atoms with van der Waals surface area (Å²) in [7, 11) is 0. The van der Waals surface area contributed by atoms with Crippen LogP contribution in [-0.4, -0.2) is 34.5 Å². The molecule has 0 spiro atoms. The summed E-state index contributed by atoms with van der Waals surface area (Å²) in [6, 6.07) is 0.272. The zero-order valence-corrected chi connectivity index (χ0v) is 10.1. The molecule has 0 radical (unpaired) electrons. The number of rotatable bonds is 5. The van der Waals surface area contributed by atoms with Gasteiger partial charge in [-0.3, -0.25) is 9.59 Å². The van der Waals surface area contributed by atoms with Crippen molar-refractivity contribution in [2.45, 2.75) is 52.0 Å². The normalized spacial score (nSPS) is 18.4. The number of carboxylic acids is 1. The molecule has 1 saturated carbocycles. The fourth-order valence-corrected chi connectivity index (χ4v) is 2.25. The van der Waals surface area contributed by atoms with Crippen LogP contribution >= 0.6 is 0 Å². The highest BCUT2D eigenvalue weighted by Gasteiger charge is 2.28. The lowest BCUT2D eigenvalue weighted by molar-refractivity contribution is -0.143. The van der Waals surface area contributed by atoms with E-state index in [1.54, 1.807) is 11.8 Å².